The van der Waals surface area contributed by atoms with Gasteiger partial charge in [-0.15, -0.1) is 11.3 Å². The Hall–Kier alpha value is -2.73. The van der Waals surface area contributed by atoms with E-state index < -0.39 is 5.91 Å². The first-order chi connectivity index (χ1) is 10.2. The van der Waals surface area contributed by atoms with Crippen LogP contribution in [0.3, 0.4) is 0 Å². The molecule has 0 spiro atoms. The number of hydrogen-bond acceptors (Lipinski definition) is 4. The SMILES string of the molecule is NC(=O)c1cnn2cc(-c3cc4ccccc4s3)cnc12. The number of carbonyl (C=O) groups excluding carboxylic acids is 1. The normalized spacial score (nSPS) is 11.2. The Morgan fingerprint density at radius 2 is 2.10 bits per heavy atom. The minimum Gasteiger partial charge on any atom is -0.365 e. The maximum atomic E-state index is 11.3. The Labute approximate surface area is 123 Å². The molecule has 3 aromatic heterocycles. The molecule has 0 radical (unpaired) electrons. The highest BCUT2D eigenvalue weighted by Crippen LogP contribution is 2.33. The number of thiophene rings is 1. The van der Waals surface area contributed by atoms with E-state index in [0.717, 1.165) is 10.4 Å². The first-order valence-electron chi connectivity index (χ1n) is 6.34. The predicted octanol–water partition coefficient (Wildman–Crippen LogP) is 2.71. The summed E-state index contributed by atoms with van der Waals surface area (Å²) in [5, 5.41) is 5.34. The monoisotopic (exact) mass is 294 g/mol. The number of primary amides is 1. The van der Waals surface area contributed by atoms with Gasteiger partial charge in [0, 0.05) is 27.5 Å². The van der Waals surface area contributed by atoms with Crippen molar-refractivity contribution >= 4 is 33.0 Å². The third-order valence-electron chi connectivity index (χ3n) is 3.33. The van der Waals surface area contributed by atoms with Crippen molar-refractivity contribution in [1.29, 1.82) is 0 Å². The number of hydrogen-bond donors (Lipinski definition) is 1. The summed E-state index contributed by atoms with van der Waals surface area (Å²) in [6.07, 6.45) is 5.05. The van der Waals surface area contributed by atoms with E-state index in [2.05, 4.69) is 28.3 Å². The van der Waals surface area contributed by atoms with Gasteiger partial charge < -0.3 is 5.73 Å². The van der Waals surface area contributed by atoms with Crippen LogP contribution in [0, 0.1) is 0 Å². The average Bonchev–Trinajstić information content (AvgIpc) is 3.10. The Balaban J connectivity index is 1.88. The molecule has 0 bridgehead atoms. The molecule has 6 heteroatoms. The van der Waals surface area contributed by atoms with Gasteiger partial charge in [0.05, 0.1) is 6.20 Å². The molecule has 5 nitrogen and oxygen atoms in total. The van der Waals surface area contributed by atoms with Crippen LogP contribution in [0.5, 0.6) is 0 Å². The summed E-state index contributed by atoms with van der Waals surface area (Å²) in [5.41, 5.74) is 7.07. The highest BCUT2D eigenvalue weighted by molar-refractivity contribution is 7.22. The number of carbonyl (C=O) groups is 1. The summed E-state index contributed by atoms with van der Waals surface area (Å²) in [4.78, 5) is 16.7. The van der Waals surface area contributed by atoms with Gasteiger partial charge in [0.2, 0.25) is 0 Å². The third kappa shape index (κ3) is 1.88. The zero-order chi connectivity index (χ0) is 14.4. The average molecular weight is 294 g/mol. The van der Waals surface area contributed by atoms with E-state index in [1.807, 2.05) is 18.3 Å². The number of nitrogens with two attached hydrogens (primary N) is 1. The second kappa shape index (κ2) is 4.39. The smallest absolute Gasteiger partial charge is 0.254 e. The van der Waals surface area contributed by atoms with Crippen LogP contribution in [0.2, 0.25) is 0 Å². The van der Waals surface area contributed by atoms with Crippen LogP contribution in [0.1, 0.15) is 10.4 Å². The largest absolute Gasteiger partial charge is 0.365 e. The Kier molecular flexibility index (Phi) is 2.52. The van der Waals surface area contributed by atoms with E-state index in [0.29, 0.717) is 11.2 Å². The van der Waals surface area contributed by atoms with Crippen molar-refractivity contribution in [2.75, 3.05) is 0 Å². The van der Waals surface area contributed by atoms with Gasteiger partial charge >= 0.3 is 0 Å². The third-order valence-corrected chi connectivity index (χ3v) is 4.50. The highest BCUT2D eigenvalue weighted by atomic mass is 32.1. The Bertz CT molecular complexity index is 953. The molecule has 0 aliphatic heterocycles. The van der Waals surface area contributed by atoms with E-state index in [4.69, 9.17) is 5.73 Å². The maximum Gasteiger partial charge on any atom is 0.254 e. The van der Waals surface area contributed by atoms with E-state index in [9.17, 15) is 4.79 Å². The highest BCUT2D eigenvalue weighted by Gasteiger charge is 2.12. The van der Waals surface area contributed by atoms with Crippen LogP contribution in [-0.2, 0) is 0 Å². The lowest BCUT2D eigenvalue weighted by atomic mass is 10.2. The molecule has 1 amide bonds. The minimum absolute atomic E-state index is 0.331. The fourth-order valence-corrected chi connectivity index (χ4v) is 3.34. The molecular formula is C15H10N4OS. The summed E-state index contributed by atoms with van der Waals surface area (Å²) in [7, 11) is 0. The van der Waals surface area contributed by atoms with Crippen LogP contribution >= 0.6 is 11.3 Å². The van der Waals surface area contributed by atoms with Gasteiger partial charge in [-0.25, -0.2) is 9.50 Å². The molecule has 4 rings (SSSR count). The van der Waals surface area contributed by atoms with Gasteiger partial charge in [0.25, 0.3) is 5.91 Å². The van der Waals surface area contributed by atoms with Crippen molar-refractivity contribution in [2.24, 2.45) is 5.73 Å². The summed E-state index contributed by atoms with van der Waals surface area (Å²) in [5.74, 6) is -0.521. The molecule has 21 heavy (non-hydrogen) atoms. The molecule has 0 aliphatic carbocycles. The van der Waals surface area contributed by atoms with Crippen molar-refractivity contribution < 1.29 is 4.79 Å². The first-order valence-corrected chi connectivity index (χ1v) is 7.16. The number of aromatic nitrogens is 3. The van der Waals surface area contributed by atoms with E-state index in [-0.39, 0.29) is 0 Å². The zero-order valence-corrected chi connectivity index (χ0v) is 11.7. The topological polar surface area (TPSA) is 73.3 Å². The lowest BCUT2D eigenvalue weighted by Gasteiger charge is -1.98. The molecule has 0 saturated heterocycles. The number of nitrogens with zero attached hydrogens (tertiary/aromatic N) is 3. The lowest BCUT2D eigenvalue weighted by molar-refractivity contribution is 0.100. The number of fused-ring (bicyclic) bond motifs is 2. The van der Waals surface area contributed by atoms with Gasteiger partial charge in [-0.1, -0.05) is 18.2 Å². The fraction of sp³-hybridized carbons (Fsp3) is 0. The zero-order valence-electron chi connectivity index (χ0n) is 10.9. The van der Waals surface area contributed by atoms with Gasteiger partial charge in [-0.3, -0.25) is 4.79 Å². The number of rotatable bonds is 2. The van der Waals surface area contributed by atoms with Crippen LogP contribution < -0.4 is 5.73 Å². The van der Waals surface area contributed by atoms with Gasteiger partial charge in [0.15, 0.2) is 5.65 Å². The molecule has 4 aromatic rings. The second-order valence-electron chi connectivity index (χ2n) is 4.68. The second-order valence-corrected chi connectivity index (χ2v) is 5.77. The molecule has 0 fully saturated rings. The predicted molar refractivity (Wildman–Crippen MR) is 82.3 cm³/mol. The summed E-state index contributed by atoms with van der Waals surface area (Å²) in [6.45, 7) is 0. The Morgan fingerprint density at radius 1 is 1.24 bits per heavy atom. The van der Waals surface area contributed by atoms with Crippen LogP contribution in [-0.4, -0.2) is 20.5 Å². The molecule has 0 aliphatic rings. The summed E-state index contributed by atoms with van der Waals surface area (Å²) >= 11 is 1.70. The molecule has 0 saturated carbocycles. The van der Waals surface area contributed by atoms with Crippen LogP contribution in [0.15, 0.2) is 48.9 Å². The van der Waals surface area contributed by atoms with Crippen molar-refractivity contribution in [3.05, 3.63) is 54.5 Å². The quantitative estimate of drug-likeness (QED) is 0.617. The summed E-state index contributed by atoms with van der Waals surface area (Å²) < 4.78 is 2.81. The van der Waals surface area contributed by atoms with Crippen LogP contribution in [0.25, 0.3) is 26.2 Å². The molecule has 0 unspecified atom stereocenters. The van der Waals surface area contributed by atoms with Gasteiger partial charge in [0.1, 0.15) is 5.56 Å². The van der Waals surface area contributed by atoms with E-state index in [1.165, 1.54) is 16.3 Å². The van der Waals surface area contributed by atoms with Crippen molar-refractivity contribution in [3.63, 3.8) is 0 Å². The van der Waals surface area contributed by atoms with Gasteiger partial charge in [-0.05, 0) is 17.5 Å². The maximum absolute atomic E-state index is 11.3. The number of benzene rings is 1. The van der Waals surface area contributed by atoms with Crippen molar-refractivity contribution in [1.82, 2.24) is 14.6 Å². The molecule has 102 valence electrons. The van der Waals surface area contributed by atoms with E-state index in [1.54, 1.807) is 22.0 Å². The van der Waals surface area contributed by atoms with Crippen molar-refractivity contribution in [2.45, 2.75) is 0 Å². The Morgan fingerprint density at radius 3 is 2.90 bits per heavy atom. The van der Waals surface area contributed by atoms with Crippen molar-refractivity contribution in [3.8, 4) is 10.4 Å². The molecule has 3 heterocycles. The van der Waals surface area contributed by atoms with E-state index >= 15 is 0 Å². The lowest BCUT2D eigenvalue weighted by Crippen LogP contribution is -2.10. The first kappa shape index (κ1) is 12.0. The number of amides is 1. The molecule has 1 aromatic carbocycles. The van der Waals surface area contributed by atoms with Crippen LogP contribution in [0.4, 0.5) is 0 Å². The van der Waals surface area contributed by atoms with Gasteiger partial charge in [-0.2, -0.15) is 5.10 Å². The molecule has 2 N–H and O–H groups in total. The molecule has 0 atom stereocenters. The molecular weight excluding hydrogens is 284 g/mol. The standard InChI is InChI=1S/C15H10N4OS/c16-14(20)11-7-18-19-8-10(6-17-15(11)19)13-5-9-3-1-2-4-12(9)21-13/h1-8H,(H2,16,20). The summed E-state index contributed by atoms with van der Waals surface area (Å²) in [6, 6.07) is 10.3. The minimum atomic E-state index is -0.521. The fourth-order valence-electron chi connectivity index (χ4n) is 2.30.